The Bertz CT molecular complexity index is 542. The Kier molecular flexibility index (Phi) is 4.51. The van der Waals surface area contributed by atoms with Crippen LogP contribution in [0.2, 0.25) is 10.0 Å². The summed E-state index contributed by atoms with van der Waals surface area (Å²) in [4.78, 5) is 2.33. The number of hydrogen-bond donors (Lipinski definition) is 1. The lowest BCUT2D eigenvalue weighted by Gasteiger charge is -2.17. The van der Waals surface area contributed by atoms with Crippen molar-refractivity contribution >= 4 is 34.5 Å². The molecule has 1 heterocycles. The summed E-state index contributed by atoms with van der Waals surface area (Å²) in [6, 6.07) is 9.24. The predicted molar refractivity (Wildman–Crippen MR) is 77.9 cm³/mol. The van der Waals surface area contributed by atoms with Crippen LogP contribution >= 0.6 is 34.5 Å². The van der Waals surface area contributed by atoms with E-state index in [-0.39, 0.29) is 6.10 Å². The first-order chi connectivity index (χ1) is 8.60. The van der Waals surface area contributed by atoms with Gasteiger partial charge in [-0.25, -0.2) is 0 Å². The molecule has 0 spiro atoms. The quantitative estimate of drug-likeness (QED) is 0.906. The zero-order valence-corrected chi connectivity index (χ0v) is 12.1. The van der Waals surface area contributed by atoms with E-state index < -0.39 is 0 Å². The van der Waals surface area contributed by atoms with Crippen molar-refractivity contribution in [2.75, 3.05) is 6.54 Å². The van der Waals surface area contributed by atoms with Gasteiger partial charge >= 0.3 is 0 Å². The van der Waals surface area contributed by atoms with Crippen molar-refractivity contribution in [2.45, 2.75) is 13.0 Å². The number of benzene rings is 1. The van der Waals surface area contributed by atoms with Gasteiger partial charge in [0.15, 0.2) is 0 Å². The summed E-state index contributed by atoms with van der Waals surface area (Å²) in [6.45, 7) is 2.45. The average molecular weight is 302 g/mol. The molecule has 0 aliphatic rings. The highest BCUT2D eigenvalue weighted by molar-refractivity contribution is 7.12. The number of hydrogen-bond acceptors (Lipinski definition) is 3. The summed E-state index contributed by atoms with van der Waals surface area (Å²) < 4.78 is 5.84. The fourth-order valence-electron chi connectivity index (χ4n) is 1.57. The van der Waals surface area contributed by atoms with E-state index >= 15 is 0 Å². The highest BCUT2D eigenvalue weighted by Crippen LogP contribution is 2.32. The van der Waals surface area contributed by atoms with E-state index in [1.165, 1.54) is 4.88 Å². The van der Waals surface area contributed by atoms with E-state index in [9.17, 15) is 0 Å². The maximum Gasteiger partial charge on any atom is 0.145 e. The molecule has 1 atom stereocenters. The van der Waals surface area contributed by atoms with Crippen molar-refractivity contribution in [3.05, 3.63) is 50.1 Å². The van der Waals surface area contributed by atoms with Crippen molar-refractivity contribution in [1.82, 2.24) is 0 Å². The van der Waals surface area contributed by atoms with Crippen LogP contribution in [0.15, 0.2) is 30.3 Å². The first-order valence-corrected chi connectivity index (χ1v) is 7.05. The second-order valence-corrected chi connectivity index (χ2v) is 6.03. The van der Waals surface area contributed by atoms with Gasteiger partial charge in [-0.3, -0.25) is 0 Å². The molecule has 0 aliphatic carbocycles. The van der Waals surface area contributed by atoms with E-state index in [1.54, 1.807) is 29.5 Å². The number of thiophene rings is 1. The topological polar surface area (TPSA) is 35.2 Å². The Morgan fingerprint density at radius 3 is 2.61 bits per heavy atom. The second kappa shape index (κ2) is 5.93. The van der Waals surface area contributed by atoms with Crippen LogP contribution in [0.25, 0.3) is 0 Å². The molecule has 1 aromatic carbocycles. The molecule has 0 saturated carbocycles. The normalized spacial score (nSPS) is 12.4. The van der Waals surface area contributed by atoms with Crippen molar-refractivity contribution in [2.24, 2.45) is 5.73 Å². The van der Waals surface area contributed by atoms with E-state index in [0.29, 0.717) is 22.3 Å². The Morgan fingerprint density at radius 2 is 2.06 bits per heavy atom. The van der Waals surface area contributed by atoms with Crippen LogP contribution in [-0.2, 0) is 0 Å². The molecule has 18 heavy (non-hydrogen) atoms. The smallest absolute Gasteiger partial charge is 0.145 e. The number of nitrogens with two attached hydrogens (primary N) is 1. The molecule has 2 aromatic rings. The van der Waals surface area contributed by atoms with Gasteiger partial charge in [0.2, 0.25) is 0 Å². The molecule has 0 aliphatic heterocycles. The van der Waals surface area contributed by atoms with Crippen LogP contribution in [0.5, 0.6) is 5.75 Å². The Hall–Kier alpha value is -0.740. The van der Waals surface area contributed by atoms with Gasteiger partial charge in [0.1, 0.15) is 11.9 Å². The van der Waals surface area contributed by atoms with Gasteiger partial charge in [0.05, 0.1) is 5.02 Å². The van der Waals surface area contributed by atoms with Gasteiger partial charge in [-0.1, -0.05) is 23.2 Å². The van der Waals surface area contributed by atoms with Crippen molar-refractivity contribution < 1.29 is 4.74 Å². The fourth-order valence-corrected chi connectivity index (χ4v) is 2.95. The van der Waals surface area contributed by atoms with Crippen LogP contribution in [0.3, 0.4) is 0 Å². The molecule has 2 nitrogen and oxygen atoms in total. The monoisotopic (exact) mass is 301 g/mol. The SMILES string of the molecule is Cc1ccc(C(CN)Oc2ccc(Cl)cc2Cl)s1. The number of halogens is 2. The van der Waals surface area contributed by atoms with Gasteiger partial charge in [-0.2, -0.15) is 0 Å². The zero-order chi connectivity index (χ0) is 13.1. The highest BCUT2D eigenvalue weighted by atomic mass is 35.5. The fraction of sp³-hybridized carbons (Fsp3) is 0.231. The summed E-state index contributed by atoms with van der Waals surface area (Å²) in [6.07, 6.45) is -0.178. The van der Waals surface area contributed by atoms with Gasteiger partial charge in [0, 0.05) is 21.3 Å². The molecule has 0 amide bonds. The molecule has 1 aromatic heterocycles. The molecule has 5 heteroatoms. The van der Waals surface area contributed by atoms with Crippen LogP contribution in [-0.4, -0.2) is 6.54 Å². The molecule has 1 unspecified atom stereocenters. The molecule has 0 radical (unpaired) electrons. The van der Waals surface area contributed by atoms with Crippen molar-refractivity contribution in [1.29, 1.82) is 0 Å². The maximum atomic E-state index is 6.08. The van der Waals surface area contributed by atoms with Gasteiger partial charge in [-0.05, 0) is 37.3 Å². The molecule has 2 rings (SSSR count). The summed E-state index contributed by atoms with van der Waals surface area (Å²) in [7, 11) is 0. The van der Waals surface area contributed by atoms with E-state index in [0.717, 1.165) is 4.88 Å². The lowest BCUT2D eigenvalue weighted by Crippen LogP contribution is -2.17. The van der Waals surface area contributed by atoms with Crippen LogP contribution in [0.4, 0.5) is 0 Å². The van der Waals surface area contributed by atoms with Gasteiger partial charge < -0.3 is 10.5 Å². The van der Waals surface area contributed by atoms with Crippen LogP contribution in [0.1, 0.15) is 15.9 Å². The number of ether oxygens (including phenoxy) is 1. The standard InChI is InChI=1S/C13H13Cl2NOS/c1-8-2-5-13(18-8)12(7-16)17-11-4-3-9(14)6-10(11)15/h2-6,12H,7,16H2,1H3. The minimum absolute atomic E-state index is 0.178. The lowest BCUT2D eigenvalue weighted by molar-refractivity contribution is 0.218. The Labute approximate surface area is 120 Å². The lowest BCUT2D eigenvalue weighted by atomic mass is 10.2. The summed E-state index contributed by atoms with van der Waals surface area (Å²) in [5.41, 5.74) is 5.75. The number of rotatable bonds is 4. The van der Waals surface area contributed by atoms with E-state index in [1.807, 2.05) is 6.07 Å². The third-order valence-electron chi connectivity index (χ3n) is 2.46. The third-order valence-corrected chi connectivity index (χ3v) is 4.08. The Morgan fingerprint density at radius 1 is 1.28 bits per heavy atom. The summed E-state index contributed by atoms with van der Waals surface area (Å²) >= 11 is 13.6. The number of aryl methyl sites for hydroxylation is 1. The third kappa shape index (κ3) is 3.18. The van der Waals surface area contributed by atoms with E-state index in [2.05, 4.69) is 13.0 Å². The first-order valence-electron chi connectivity index (χ1n) is 5.48. The van der Waals surface area contributed by atoms with Crippen molar-refractivity contribution in [3.8, 4) is 5.75 Å². The maximum absolute atomic E-state index is 6.08. The molecular weight excluding hydrogens is 289 g/mol. The Balaban J connectivity index is 2.20. The molecule has 0 saturated heterocycles. The minimum atomic E-state index is -0.178. The van der Waals surface area contributed by atoms with Crippen LogP contribution in [0, 0.1) is 6.92 Å². The summed E-state index contributed by atoms with van der Waals surface area (Å²) in [5.74, 6) is 0.600. The first kappa shape index (κ1) is 13.7. The largest absolute Gasteiger partial charge is 0.482 e. The molecule has 96 valence electrons. The van der Waals surface area contributed by atoms with Crippen LogP contribution < -0.4 is 10.5 Å². The van der Waals surface area contributed by atoms with Gasteiger partial charge in [0.25, 0.3) is 0 Å². The van der Waals surface area contributed by atoms with Gasteiger partial charge in [-0.15, -0.1) is 11.3 Å². The minimum Gasteiger partial charge on any atom is -0.482 e. The second-order valence-electron chi connectivity index (χ2n) is 3.87. The molecule has 2 N–H and O–H groups in total. The highest BCUT2D eigenvalue weighted by Gasteiger charge is 2.15. The van der Waals surface area contributed by atoms with E-state index in [4.69, 9.17) is 33.7 Å². The zero-order valence-electron chi connectivity index (χ0n) is 9.82. The van der Waals surface area contributed by atoms with Crippen molar-refractivity contribution in [3.63, 3.8) is 0 Å². The average Bonchev–Trinajstić information content (AvgIpc) is 2.75. The summed E-state index contributed by atoms with van der Waals surface area (Å²) in [5, 5.41) is 1.08. The molecular formula is C13H13Cl2NOS. The molecule has 0 fully saturated rings. The predicted octanol–water partition coefficient (Wildman–Crippen LogP) is 4.44. The molecule has 0 bridgehead atoms.